The van der Waals surface area contributed by atoms with Gasteiger partial charge in [-0.25, -0.2) is 13.3 Å². The van der Waals surface area contributed by atoms with Gasteiger partial charge in [-0.15, -0.1) is 5.10 Å². The number of carbonyl (C=O) groups excluding carboxylic acids is 1. The average molecular weight is 466 g/mol. The lowest BCUT2D eigenvalue weighted by Crippen LogP contribution is -2.49. The zero-order chi connectivity index (χ0) is 23.9. The molecule has 1 aromatic carbocycles. The van der Waals surface area contributed by atoms with Crippen molar-refractivity contribution in [1.82, 2.24) is 29.7 Å². The van der Waals surface area contributed by atoms with Crippen LogP contribution in [0.3, 0.4) is 0 Å². The number of benzene rings is 1. The van der Waals surface area contributed by atoms with Gasteiger partial charge in [-0.2, -0.15) is 10.1 Å². The molecule has 1 aliphatic rings. The highest BCUT2D eigenvalue weighted by molar-refractivity contribution is 5.94. The number of carbonyl (C=O) groups is 1. The largest absolute Gasteiger partial charge is 0.336 e. The molecule has 176 valence electrons. The van der Waals surface area contributed by atoms with Crippen molar-refractivity contribution in [2.75, 3.05) is 36.4 Å². The Morgan fingerprint density at radius 3 is 2.62 bits per heavy atom. The van der Waals surface area contributed by atoms with Crippen LogP contribution in [0.5, 0.6) is 0 Å². The molecule has 9 nitrogen and oxygen atoms in total. The first kappa shape index (κ1) is 21.8. The van der Waals surface area contributed by atoms with Gasteiger partial charge in [0.2, 0.25) is 5.95 Å². The van der Waals surface area contributed by atoms with Gasteiger partial charge in [0.15, 0.2) is 11.6 Å². The molecule has 4 heterocycles. The van der Waals surface area contributed by atoms with E-state index >= 15 is 0 Å². The minimum absolute atomic E-state index is 0.169. The highest BCUT2D eigenvalue weighted by atomic mass is 19.3. The van der Waals surface area contributed by atoms with Gasteiger partial charge < -0.3 is 15.1 Å². The fourth-order valence-corrected chi connectivity index (χ4v) is 3.97. The van der Waals surface area contributed by atoms with Gasteiger partial charge >= 0.3 is 0 Å². The van der Waals surface area contributed by atoms with Gasteiger partial charge in [-0.05, 0) is 31.2 Å². The molecule has 3 aromatic heterocycles. The normalized spacial score (nSPS) is 14.6. The monoisotopic (exact) mass is 466 g/mol. The second-order valence-electron chi connectivity index (χ2n) is 8.41. The van der Waals surface area contributed by atoms with Crippen LogP contribution in [0.1, 0.15) is 28.5 Å². The highest BCUT2D eigenvalue weighted by Gasteiger charge is 2.28. The summed E-state index contributed by atoms with van der Waals surface area (Å²) in [5.74, 6) is -1.45. The van der Waals surface area contributed by atoms with E-state index in [2.05, 4.69) is 20.6 Å². The maximum Gasteiger partial charge on any atom is 0.270 e. The van der Waals surface area contributed by atoms with E-state index < -0.39 is 5.92 Å². The molecule has 1 fully saturated rings. The first-order chi connectivity index (χ1) is 16.3. The lowest BCUT2D eigenvalue weighted by molar-refractivity contribution is 0.0174. The lowest BCUT2D eigenvalue weighted by atomic mass is 10.1. The minimum atomic E-state index is -3.00. The Morgan fingerprint density at radius 1 is 1.12 bits per heavy atom. The summed E-state index contributed by atoms with van der Waals surface area (Å²) < 4.78 is 29.1. The van der Waals surface area contributed by atoms with Crippen LogP contribution in [0, 0.1) is 6.92 Å². The number of anilines is 3. The summed E-state index contributed by atoms with van der Waals surface area (Å²) >= 11 is 0. The number of aromatic nitrogens is 5. The summed E-state index contributed by atoms with van der Waals surface area (Å²) in [5.41, 5.74) is 1.83. The number of piperazine rings is 1. The van der Waals surface area contributed by atoms with Crippen LogP contribution in [0.2, 0.25) is 0 Å². The standard InChI is InChI=1S/C23H24F2N8O/c1-15-13-19(29-28-15)26-20-18-7-4-8-33(18)30-22(27-20)32-11-9-31(10-12-32)21(34)16-5-3-6-17(14-16)23(2,24)25/h3-8,13-14H,9-12H2,1-2H3,(H2,26,27,28,29,30). The Bertz CT molecular complexity index is 1330. The van der Waals surface area contributed by atoms with Crippen molar-refractivity contribution < 1.29 is 13.6 Å². The quantitative estimate of drug-likeness (QED) is 0.467. The van der Waals surface area contributed by atoms with Crippen LogP contribution in [0.4, 0.5) is 26.4 Å². The topological polar surface area (TPSA) is 94.5 Å². The second kappa shape index (κ2) is 8.40. The number of amides is 1. The van der Waals surface area contributed by atoms with E-state index in [0.29, 0.717) is 43.8 Å². The van der Waals surface area contributed by atoms with Crippen LogP contribution in [-0.4, -0.2) is 61.8 Å². The Kier molecular flexibility index (Phi) is 5.39. The highest BCUT2D eigenvalue weighted by Crippen LogP contribution is 2.28. The van der Waals surface area contributed by atoms with Gasteiger partial charge in [0, 0.05) is 62.2 Å². The number of hydrogen-bond acceptors (Lipinski definition) is 6. The van der Waals surface area contributed by atoms with Crippen molar-refractivity contribution in [2.24, 2.45) is 0 Å². The van der Waals surface area contributed by atoms with Crippen molar-refractivity contribution in [3.63, 3.8) is 0 Å². The number of rotatable bonds is 5. The fourth-order valence-electron chi connectivity index (χ4n) is 3.97. The molecule has 11 heteroatoms. The lowest BCUT2D eigenvalue weighted by Gasteiger charge is -2.35. The second-order valence-corrected chi connectivity index (χ2v) is 8.41. The Morgan fingerprint density at radius 2 is 1.91 bits per heavy atom. The number of alkyl halides is 2. The number of nitrogens with one attached hydrogen (secondary N) is 2. The van der Waals surface area contributed by atoms with Crippen molar-refractivity contribution >= 4 is 29.0 Å². The zero-order valence-electron chi connectivity index (χ0n) is 18.8. The number of hydrogen-bond donors (Lipinski definition) is 2. The van der Waals surface area contributed by atoms with E-state index in [4.69, 9.17) is 4.98 Å². The van der Waals surface area contributed by atoms with E-state index in [9.17, 15) is 13.6 Å². The number of halogens is 2. The van der Waals surface area contributed by atoms with Crippen LogP contribution < -0.4 is 10.2 Å². The summed E-state index contributed by atoms with van der Waals surface area (Å²) in [6, 6.07) is 11.4. The molecular weight excluding hydrogens is 442 g/mol. The molecule has 5 rings (SSSR count). The molecule has 0 spiro atoms. The first-order valence-electron chi connectivity index (χ1n) is 10.9. The number of fused-ring (bicyclic) bond motifs is 1. The molecule has 0 radical (unpaired) electrons. The van der Waals surface area contributed by atoms with Crippen molar-refractivity contribution in [2.45, 2.75) is 19.8 Å². The molecule has 0 aliphatic carbocycles. The SMILES string of the molecule is Cc1cc(Nc2nc(N3CCN(C(=O)c4cccc(C(C)(F)F)c4)CC3)nn3cccc23)n[nH]1. The molecular formula is C23H24F2N8O. The number of H-pyrrole nitrogens is 1. The molecule has 0 saturated carbocycles. The molecule has 4 aromatic rings. The predicted octanol–water partition coefficient (Wildman–Crippen LogP) is 3.58. The number of aromatic amines is 1. The summed E-state index contributed by atoms with van der Waals surface area (Å²) in [4.78, 5) is 21.3. The van der Waals surface area contributed by atoms with E-state index in [1.54, 1.807) is 15.5 Å². The van der Waals surface area contributed by atoms with Crippen LogP contribution in [-0.2, 0) is 5.92 Å². The molecule has 0 unspecified atom stereocenters. The van der Waals surface area contributed by atoms with Crippen LogP contribution >= 0.6 is 0 Å². The predicted molar refractivity (Wildman–Crippen MR) is 124 cm³/mol. The van der Waals surface area contributed by atoms with Crippen molar-refractivity contribution in [3.05, 3.63) is 65.5 Å². The Labute approximate surface area is 194 Å². The van der Waals surface area contributed by atoms with Gasteiger partial charge in [0.05, 0.1) is 0 Å². The summed E-state index contributed by atoms with van der Waals surface area (Å²) in [6.45, 7) is 4.64. The smallest absolute Gasteiger partial charge is 0.270 e. The minimum Gasteiger partial charge on any atom is -0.336 e. The maximum atomic E-state index is 13.7. The fraction of sp³-hybridized carbons (Fsp3) is 0.304. The maximum absolute atomic E-state index is 13.7. The van der Waals surface area contributed by atoms with Crippen LogP contribution in [0.25, 0.3) is 5.52 Å². The summed E-state index contributed by atoms with van der Waals surface area (Å²) in [7, 11) is 0. The van der Waals surface area contributed by atoms with Crippen LogP contribution in [0.15, 0.2) is 48.7 Å². The Hall–Kier alpha value is -4.02. The third-order valence-electron chi connectivity index (χ3n) is 5.80. The van der Waals surface area contributed by atoms with Gasteiger partial charge in [-0.1, -0.05) is 12.1 Å². The molecule has 2 N–H and O–H groups in total. The molecule has 1 saturated heterocycles. The van der Waals surface area contributed by atoms with E-state index in [1.165, 1.54) is 18.2 Å². The first-order valence-corrected chi connectivity index (χ1v) is 10.9. The average Bonchev–Trinajstić information content (AvgIpc) is 3.47. The molecule has 1 amide bonds. The summed E-state index contributed by atoms with van der Waals surface area (Å²) in [5, 5.41) is 15.0. The number of aryl methyl sites for hydroxylation is 1. The molecule has 34 heavy (non-hydrogen) atoms. The van der Waals surface area contributed by atoms with E-state index in [0.717, 1.165) is 18.1 Å². The third-order valence-corrected chi connectivity index (χ3v) is 5.80. The molecule has 1 aliphatic heterocycles. The van der Waals surface area contributed by atoms with E-state index in [1.807, 2.05) is 36.2 Å². The summed E-state index contributed by atoms with van der Waals surface area (Å²) in [6.07, 6.45) is 1.85. The van der Waals surface area contributed by atoms with Gasteiger partial charge in [-0.3, -0.25) is 9.89 Å². The molecule has 0 bridgehead atoms. The number of nitrogens with zero attached hydrogens (tertiary/aromatic N) is 6. The Balaban J connectivity index is 1.32. The van der Waals surface area contributed by atoms with Gasteiger partial charge in [0.25, 0.3) is 11.8 Å². The van der Waals surface area contributed by atoms with Gasteiger partial charge in [0.1, 0.15) is 5.52 Å². The van der Waals surface area contributed by atoms with Crippen molar-refractivity contribution in [1.29, 1.82) is 0 Å². The molecule has 0 atom stereocenters. The third kappa shape index (κ3) is 4.28. The zero-order valence-corrected chi connectivity index (χ0v) is 18.8. The van der Waals surface area contributed by atoms with Crippen molar-refractivity contribution in [3.8, 4) is 0 Å². The van der Waals surface area contributed by atoms with E-state index in [-0.39, 0.29) is 17.0 Å².